The number of anilines is 1. The van der Waals surface area contributed by atoms with Crippen molar-refractivity contribution in [2.24, 2.45) is 0 Å². The lowest BCUT2D eigenvalue weighted by Gasteiger charge is -2.04. The minimum absolute atomic E-state index is 0.188. The number of aromatic nitrogens is 1. The second-order valence-corrected chi connectivity index (χ2v) is 6.90. The number of nitrogens with one attached hydrogen (secondary N) is 1. The number of amides is 1. The highest BCUT2D eigenvalue weighted by Crippen LogP contribution is 2.23. The summed E-state index contributed by atoms with van der Waals surface area (Å²) in [4.78, 5) is 17.6. The van der Waals surface area contributed by atoms with E-state index in [1.165, 1.54) is 11.3 Å². The van der Waals surface area contributed by atoms with Gasteiger partial charge in [0.15, 0.2) is 5.13 Å². The molecule has 0 radical (unpaired) electrons. The van der Waals surface area contributed by atoms with E-state index in [4.69, 9.17) is 16.3 Å². The van der Waals surface area contributed by atoms with Crippen LogP contribution in [0, 0.1) is 0 Å². The number of carbonyl (C=O) groups excluding carboxylic acids is 1. The molecule has 1 heterocycles. The summed E-state index contributed by atoms with van der Waals surface area (Å²) < 4.78 is 5.38. The first-order valence-electron chi connectivity index (χ1n) is 7.87. The van der Waals surface area contributed by atoms with Crippen LogP contribution in [0.25, 0.3) is 0 Å². The highest BCUT2D eigenvalue weighted by Gasteiger charge is 2.10. The molecule has 0 fully saturated rings. The van der Waals surface area contributed by atoms with Gasteiger partial charge in [-0.25, -0.2) is 4.98 Å². The fourth-order valence-electron chi connectivity index (χ4n) is 2.33. The maximum atomic E-state index is 12.3. The van der Waals surface area contributed by atoms with Crippen molar-refractivity contribution in [3.63, 3.8) is 0 Å². The number of nitrogens with zero attached hydrogens (tertiary/aromatic N) is 1. The van der Waals surface area contributed by atoms with Crippen molar-refractivity contribution in [1.29, 1.82) is 0 Å². The number of hydrogen-bond donors (Lipinski definition) is 1. The molecule has 1 N–H and O–H groups in total. The van der Waals surface area contributed by atoms with Crippen LogP contribution < -0.4 is 10.1 Å². The predicted molar refractivity (Wildman–Crippen MR) is 102 cm³/mol. The van der Waals surface area contributed by atoms with Gasteiger partial charge < -0.3 is 4.74 Å². The molecule has 0 bridgehead atoms. The standard InChI is InChI=1S/C19H17ClN2O2S/c1-2-24-16-8-6-14(7-9-16)18(23)22-19-21-12-17(25-19)11-13-4-3-5-15(20)10-13/h3-10,12H,2,11H2,1H3,(H,21,22,23). The molecule has 25 heavy (non-hydrogen) atoms. The van der Waals surface area contributed by atoms with Gasteiger partial charge in [-0.05, 0) is 48.9 Å². The second kappa shape index (κ2) is 8.14. The van der Waals surface area contributed by atoms with E-state index in [-0.39, 0.29) is 5.91 Å². The van der Waals surface area contributed by atoms with Gasteiger partial charge in [-0.1, -0.05) is 23.7 Å². The first-order valence-corrected chi connectivity index (χ1v) is 9.07. The van der Waals surface area contributed by atoms with E-state index in [1.807, 2.05) is 31.2 Å². The van der Waals surface area contributed by atoms with Crippen LogP contribution in [0.2, 0.25) is 5.02 Å². The molecule has 0 aliphatic carbocycles. The molecule has 128 valence electrons. The summed E-state index contributed by atoms with van der Waals surface area (Å²) in [6.07, 6.45) is 2.51. The van der Waals surface area contributed by atoms with Gasteiger partial charge in [-0.3, -0.25) is 10.1 Å². The largest absolute Gasteiger partial charge is 0.494 e. The number of thiazole rings is 1. The van der Waals surface area contributed by atoms with Gasteiger partial charge in [0.25, 0.3) is 5.91 Å². The molecular weight excluding hydrogens is 356 g/mol. The molecule has 1 aromatic heterocycles. The van der Waals surface area contributed by atoms with E-state index in [9.17, 15) is 4.79 Å². The molecule has 3 aromatic rings. The van der Waals surface area contributed by atoms with Gasteiger partial charge in [0.05, 0.1) is 6.61 Å². The predicted octanol–water partition coefficient (Wildman–Crippen LogP) is 5.04. The maximum Gasteiger partial charge on any atom is 0.257 e. The lowest BCUT2D eigenvalue weighted by Crippen LogP contribution is -2.11. The second-order valence-electron chi connectivity index (χ2n) is 5.35. The van der Waals surface area contributed by atoms with Crippen molar-refractivity contribution in [3.8, 4) is 5.75 Å². The van der Waals surface area contributed by atoms with Crippen LogP contribution >= 0.6 is 22.9 Å². The Morgan fingerprint density at radius 2 is 2.04 bits per heavy atom. The van der Waals surface area contributed by atoms with Gasteiger partial charge in [-0.15, -0.1) is 11.3 Å². The topological polar surface area (TPSA) is 51.2 Å². The van der Waals surface area contributed by atoms with E-state index < -0.39 is 0 Å². The number of benzene rings is 2. The molecule has 0 saturated carbocycles. The normalized spacial score (nSPS) is 10.5. The molecule has 3 rings (SSSR count). The van der Waals surface area contributed by atoms with E-state index in [1.54, 1.807) is 30.5 Å². The zero-order valence-corrected chi connectivity index (χ0v) is 15.2. The molecule has 4 nitrogen and oxygen atoms in total. The molecule has 0 atom stereocenters. The van der Waals surface area contributed by atoms with Gasteiger partial charge in [0.1, 0.15) is 5.75 Å². The van der Waals surface area contributed by atoms with Crippen LogP contribution in [0.3, 0.4) is 0 Å². The highest BCUT2D eigenvalue weighted by molar-refractivity contribution is 7.15. The lowest BCUT2D eigenvalue weighted by atomic mass is 10.1. The molecule has 2 aromatic carbocycles. The van der Waals surface area contributed by atoms with Crippen LogP contribution in [0.4, 0.5) is 5.13 Å². The number of carbonyl (C=O) groups is 1. The van der Waals surface area contributed by atoms with Crippen molar-refractivity contribution in [3.05, 3.63) is 75.8 Å². The summed E-state index contributed by atoms with van der Waals surface area (Å²) in [7, 11) is 0. The Morgan fingerprint density at radius 3 is 2.76 bits per heavy atom. The first kappa shape index (κ1) is 17.5. The van der Waals surface area contributed by atoms with E-state index in [0.717, 1.165) is 22.6 Å². The molecule has 1 amide bonds. The van der Waals surface area contributed by atoms with Gasteiger partial charge in [0, 0.05) is 28.1 Å². The molecule has 6 heteroatoms. The highest BCUT2D eigenvalue weighted by atomic mass is 35.5. The summed E-state index contributed by atoms with van der Waals surface area (Å²) in [5.41, 5.74) is 1.68. The van der Waals surface area contributed by atoms with E-state index >= 15 is 0 Å². The average molecular weight is 373 g/mol. The third kappa shape index (κ3) is 4.81. The summed E-state index contributed by atoms with van der Waals surface area (Å²) in [5.74, 6) is 0.559. The number of halogens is 1. The molecule has 0 spiro atoms. The molecule has 0 unspecified atom stereocenters. The minimum atomic E-state index is -0.188. The van der Waals surface area contributed by atoms with Crippen molar-refractivity contribution < 1.29 is 9.53 Å². The summed E-state index contributed by atoms with van der Waals surface area (Å²) in [6.45, 7) is 2.52. The van der Waals surface area contributed by atoms with Crippen molar-refractivity contribution in [2.75, 3.05) is 11.9 Å². The minimum Gasteiger partial charge on any atom is -0.494 e. The zero-order chi connectivity index (χ0) is 17.6. The monoisotopic (exact) mass is 372 g/mol. The van der Waals surface area contributed by atoms with Gasteiger partial charge in [0.2, 0.25) is 0 Å². The Balaban J connectivity index is 1.63. The molecule has 0 aliphatic rings. The number of hydrogen-bond acceptors (Lipinski definition) is 4. The maximum absolute atomic E-state index is 12.3. The fourth-order valence-corrected chi connectivity index (χ4v) is 3.39. The Labute approximate surface area is 155 Å². The van der Waals surface area contributed by atoms with E-state index in [0.29, 0.717) is 22.3 Å². The Bertz CT molecular complexity index is 862. The molecule has 0 saturated heterocycles. The Morgan fingerprint density at radius 1 is 1.24 bits per heavy atom. The van der Waals surface area contributed by atoms with Crippen molar-refractivity contribution in [2.45, 2.75) is 13.3 Å². The SMILES string of the molecule is CCOc1ccc(C(=O)Nc2ncc(Cc3cccc(Cl)c3)s2)cc1. The molecular formula is C19H17ClN2O2S. The van der Waals surface area contributed by atoms with Crippen LogP contribution in [0.15, 0.2) is 54.7 Å². The molecule has 0 aliphatic heterocycles. The fraction of sp³-hybridized carbons (Fsp3) is 0.158. The number of rotatable bonds is 6. The third-order valence-corrected chi connectivity index (χ3v) is 4.62. The average Bonchev–Trinajstić information content (AvgIpc) is 3.02. The van der Waals surface area contributed by atoms with Crippen molar-refractivity contribution in [1.82, 2.24) is 4.98 Å². The lowest BCUT2D eigenvalue weighted by molar-refractivity contribution is 0.102. The summed E-state index contributed by atoms with van der Waals surface area (Å²) >= 11 is 7.46. The summed E-state index contributed by atoms with van der Waals surface area (Å²) in [5, 5.41) is 4.12. The van der Waals surface area contributed by atoms with Crippen LogP contribution in [0.5, 0.6) is 5.75 Å². The van der Waals surface area contributed by atoms with E-state index in [2.05, 4.69) is 10.3 Å². The van der Waals surface area contributed by atoms with Gasteiger partial charge >= 0.3 is 0 Å². The van der Waals surface area contributed by atoms with Crippen LogP contribution in [0.1, 0.15) is 27.7 Å². The van der Waals surface area contributed by atoms with Crippen LogP contribution in [-0.4, -0.2) is 17.5 Å². The zero-order valence-electron chi connectivity index (χ0n) is 13.7. The van der Waals surface area contributed by atoms with Gasteiger partial charge in [-0.2, -0.15) is 0 Å². The Hall–Kier alpha value is -2.37. The first-order chi connectivity index (χ1) is 12.1. The smallest absolute Gasteiger partial charge is 0.257 e. The van der Waals surface area contributed by atoms with Crippen molar-refractivity contribution >= 4 is 34.0 Å². The van der Waals surface area contributed by atoms with Crippen LogP contribution in [-0.2, 0) is 6.42 Å². The quantitative estimate of drug-likeness (QED) is 0.659. The Kier molecular flexibility index (Phi) is 5.68. The summed E-state index contributed by atoms with van der Waals surface area (Å²) in [6, 6.07) is 14.8. The number of ether oxygens (including phenoxy) is 1. The third-order valence-electron chi connectivity index (χ3n) is 3.47.